The van der Waals surface area contributed by atoms with Crippen LogP contribution in [0.15, 0.2) is 22.8 Å². The Hall–Kier alpha value is -2.31. The molecule has 0 aliphatic carbocycles. The summed E-state index contributed by atoms with van der Waals surface area (Å²) in [7, 11) is 7.48. The molecule has 0 saturated carbocycles. The van der Waals surface area contributed by atoms with Gasteiger partial charge in [0, 0.05) is 28.2 Å². The lowest BCUT2D eigenvalue weighted by Crippen LogP contribution is -2.22. The molecule has 0 saturated heterocycles. The first-order valence-corrected chi connectivity index (χ1v) is 5.95. The molecule has 2 rings (SSSR count). The summed E-state index contributed by atoms with van der Waals surface area (Å²) in [5.74, 6) is 2.61. The molecule has 7 heteroatoms. The van der Waals surface area contributed by atoms with Gasteiger partial charge in [-0.2, -0.15) is 15.0 Å². The molecule has 0 aromatic carbocycles. The molecule has 0 aliphatic rings. The highest BCUT2D eigenvalue weighted by atomic mass is 16.3. The van der Waals surface area contributed by atoms with Gasteiger partial charge in [0.2, 0.25) is 17.8 Å². The molecule has 0 bridgehead atoms. The molecule has 2 heterocycles. The highest BCUT2D eigenvalue weighted by molar-refractivity contribution is 5.43. The van der Waals surface area contributed by atoms with Gasteiger partial charge < -0.3 is 19.5 Å². The summed E-state index contributed by atoms with van der Waals surface area (Å²) >= 11 is 0. The van der Waals surface area contributed by atoms with Crippen LogP contribution in [0.2, 0.25) is 0 Å². The maximum absolute atomic E-state index is 5.32. The first-order valence-electron chi connectivity index (χ1n) is 5.95. The third-order valence-corrected chi connectivity index (χ3v) is 2.55. The van der Waals surface area contributed by atoms with Crippen molar-refractivity contribution in [1.29, 1.82) is 0 Å². The molecule has 0 fully saturated rings. The molecular weight excluding hydrogens is 244 g/mol. The van der Waals surface area contributed by atoms with E-state index in [1.165, 1.54) is 0 Å². The Morgan fingerprint density at radius 2 is 1.89 bits per heavy atom. The lowest BCUT2D eigenvalue weighted by Gasteiger charge is -2.18. The molecule has 0 radical (unpaired) electrons. The fourth-order valence-corrected chi connectivity index (χ4v) is 1.54. The van der Waals surface area contributed by atoms with Crippen LogP contribution in [0.5, 0.6) is 0 Å². The molecule has 7 nitrogen and oxygen atoms in total. The predicted molar refractivity (Wildman–Crippen MR) is 74.5 cm³/mol. The number of anilines is 3. The summed E-state index contributed by atoms with van der Waals surface area (Å²) in [6, 6.07) is 3.78. The average Bonchev–Trinajstić information content (AvgIpc) is 2.90. The molecule has 2 aromatic heterocycles. The van der Waals surface area contributed by atoms with Crippen LogP contribution in [0.25, 0.3) is 0 Å². The number of aromatic nitrogens is 3. The van der Waals surface area contributed by atoms with Crippen molar-refractivity contribution in [3.63, 3.8) is 0 Å². The summed E-state index contributed by atoms with van der Waals surface area (Å²) in [5.41, 5.74) is 0. The summed E-state index contributed by atoms with van der Waals surface area (Å²) in [6.07, 6.45) is 1.65. The van der Waals surface area contributed by atoms with Crippen molar-refractivity contribution in [3.8, 4) is 0 Å². The largest absolute Gasteiger partial charge is 0.467 e. The summed E-state index contributed by atoms with van der Waals surface area (Å²) in [4.78, 5) is 16.8. The van der Waals surface area contributed by atoms with Gasteiger partial charge in [-0.05, 0) is 12.1 Å². The van der Waals surface area contributed by atoms with Gasteiger partial charge in [-0.1, -0.05) is 0 Å². The Labute approximate surface area is 112 Å². The van der Waals surface area contributed by atoms with Gasteiger partial charge in [-0.3, -0.25) is 0 Å². The summed E-state index contributed by atoms with van der Waals surface area (Å²) in [6.45, 7) is 0.604. The normalized spacial score (nSPS) is 10.3. The molecule has 102 valence electrons. The number of nitrogens with one attached hydrogen (secondary N) is 1. The highest BCUT2D eigenvalue weighted by Crippen LogP contribution is 2.16. The van der Waals surface area contributed by atoms with Crippen molar-refractivity contribution in [2.24, 2.45) is 0 Å². The molecule has 0 amide bonds. The Morgan fingerprint density at radius 1 is 1.16 bits per heavy atom. The van der Waals surface area contributed by atoms with Crippen molar-refractivity contribution in [2.45, 2.75) is 6.54 Å². The fraction of sp³-hybridized carbons (Fsp3) is 0.417. The third kappa shape index (κ3) is 3.12. The van der Waals surface area contributed by atoms with Crippen LogP contribution in [0, 0.1) is 0 Å². The lowest BCUT2D eigenvalue weighted by molar-refractivity contribution is 0.506. The zero-order valence-corrected chi connectivity index (χ0v) is 11.6. The fourth-order valence-electron chi connectivity index (χ4n) is 1.54. The van der Waals surface area contributed by atoms with Crippen LogP contribution in [0.4, 0.5) is 17.8 Å². The second-order valence-corrected chi connectivity index (χ2v) is 4.34. The Bertz CT molecular complexity index is 525. The lowest BCUT2D eigenvalue weighted by atomic mass is 10.4. The van der Waals surface area contributed by atoms with Gasteiger partial charge in [-0.25, -0.2) is 0 Å². The van der Waals surface area contributed by atoms with E-state index in [0.717, 1.165) is 5.76 Å². The van der Waals surface area contributed by atoms with Gasteiger partial charge in [0.25, 0.3) is 0 Å². The minimum absolute atomic E-state index is 0.542. The summed E-state index contributed by atoms with van der Waals surface area (Å²) in [5, 5.41) is 2.94. The Kier molecular flexibility index (Phi) is 3.84. The monoisotopic (exact) mass is 262 g/mol. The smallest absolute Gasteiger partial charge is 0.232 e. The molecule has 19 heavy (non-hydrogen) atoms. The molecule has 1 N–H and O–H groups in total. The van der Waals surface area contributed by atoms with Crippen molar-refractivity contribution in [2.75, 3.05) is 43.3 Å². The zero-order valence-electron chi connectivity index (χ0n) is 11.6. The van der Waals surface area contributed by atoms with E-state index in [2.05, 4.69) is 20.3 Å². The van der Waals surface area contributed by atoms with Crippen LogP contribution in [-0.2, 0) is 6.54 Å². The van der Waals surface area contributed by atoms with Crippen LogP contribution in [-0.4, -0.2) is 43.1 Å². The standard InChI is InChI=1S/C12H18N6O/c1-13-10-14-11(17(2)3)16-12(15-10)18(4)8-9-6-5-7-19-9/h5-7H,8H2,1-4H3,(H,13,14,15,16). The predicted octanol–water partition coefficient (Wildman–Crippen LogP) is 1.21. The molecule has 0 spiro atoms. The van der Waals surface area contributed by atoms with Gasteiger partial charge in [0.1, 0.15) is 5.76 Å². The SMILES string of the molecule is CNc1nc(N(C)C)nc(N(C)Cc2ccco2)n1. The third-order valence-electron chi connectivity index (χ3n) is 2.55. The number of rotatable bonds is 5. The van der Waals surface area contributed by atoms with Gasteiger partial charge in [0.15, 0.2) is 0 Å². The van der Waals surface area contributed by atoms with E-state index in [-0.39, 0.29) is 0 Å². The van der Waals surface area contributed by atoms with Gasteiger partial charge >= 0.3 is 0 Å². The maximum atomic E-state index is 5.32. The van der Waals surface area contributed by atoms with E-state index in [4.69, 9.17) is 4.42 Å². The van der Waals surface area contributed by atoms with Crippen LogP contribution in [0.1, 0.15) is 5.76 Å². The van der Waals surface area contributed by atoms with Crippen LogP contribution < -0.4 is 15.1 Å². The van der Waals surface area contributed by atoms with Crippen molar-refractivity contribution in [3.05, 3.63) is 24.2 Å². The summed E-state index contributed by atoms with van der Waals surface area (Å²) < 4.78 is 5.32. The quantitative estimate of drug-likeness (QED) is 0.868. The Balaban J connectivity index is 2.24. The first-order chi connectivity index (χ1) is 9.10. The topological polar surface area (TPSA) is 70.3 Å². The number of hydrogen-bond donors (Lipinski definition) is 1. The van der Waals surface area contributed by atoms with E-state index < -0.39 is 0 Å². The van der Waals surface area contributed by atoms with E-state index in [1.807, 2.05) is 43.1 Å². The Morgan fingerprint density at radius 3 is 2.47 bits per heavy atom. The molecule has 0 unspecified atom stereocenters. The van der Waals surface area contributed by atoms with Crippen molar-refractivity contribution in [1.82, 2.24) is 15.0 Å². The van der Waals surface area contributed by atoms with E-state index in [1.54, 1.807) is 13.3 Å². The number of furan rings is 1. The number of nitrogens with zero attached hydrogens (tertiary/aromatic N) is 5. The minimum Gasteiger partial charge on any atom is -0.467 e. The molecule has 0 aliphatic heterocycles. The van der Waals surface area contributed by atoms with E-state index in [0.29, 0.717) is 24.4 Å². The van der Waals surface area contributed by atoms with E-state index >= 15 is 0 Å². The van der Waals surface area contributed by atoms with E-state index in [9.17, 15) is 0 Å². The maximum Gasteiger partial charge on any atom is 0.232 e. The van der Waals surface area contributed by atoms with Crippen molar-refractivity contribution < 1.29 is 4.42 Å². The second-order valence-electron chi connectivity index (χ2n) is 4.34. The van der Waals surface area contributed by atoms with Crippen LogP contribution >= 0.6 is 0 Å². The second kappa shape index (κ2) is 5.55. The molecule has 2 aromatic rings. The minimum atomic E-state index is 0.542. The van der Waals surface area contributed by atoms with Crippen molar-refractivity contribution >= 4 is 17.8 Å². The molecule has 0 atom stereocenters. The highest BCUT2D eigenvalue weighted by Gasteiger charge is 2.12. The van der Waals surface area contributed by atoms with Gasteiger partial charge in [-0.15, -0.1) is 0 Å². The van der Waals surface area contributed by atoms with Crippen LogP contribution in [0.3, 0.4) is 0 Å². The number of hydrogen-bond acceptors (Lipinski definition) is 7. The average molecular weight is 262 g/mol. The van der Waals surface area contributed by atoms with Gasteiger partial charge in [0.05, 0.1) is 12.8 Å². The zero-order chi connectivity index (χ0) is 13.8. The first kappa shape index (κ1) is 13.1. The molecular formula is C12H18N6O.